The van der Waals surface area contributed by atoms with Crippen LogP contribution in [0.3, 0.4) is 0 Å². The fourth-order valence-corrected chi connectivity index (χ4v) is 5.90. The zero-order valence-corrected chi connectivity index (χ0v) is 20.0. The maximum absolute atomic E-state index is 13.2. The van der Waals surface area contributed by atoms with Crippen LogP contribution in [0.5, 0.6) is 0 Å². The van der Waals surface area contributed by atoms with Crippen LogP contribution in [-0.4, -0.2) is 58.8 Å². The van der Waals surface area contributed by atoms with Gasteiger partial charge in [0, 0.05) is 45.7 Å². The van der Waals surface area contributed by atoms with Crippen molar-refractivity contribution in [1.29, 1.82) is 0 Å². The van der Waals surface area contributed by atoms with Crippen molar-refractivity contribution in [3.05, 3.63) is 64.8 Å². The van der Waals surface area contributed by atoms with Gasteiger partial charge >= 0.3 is 5.69 Å². The lowest BCUT2D eigenvalue weighted by Crippen LogP contribution is -2.38. The van der Waals surface area contributed by atoms with E-state index in [0.717, 1.165) is 29.6 Å². The summed E-state index contributed by atoms with van der Waals surface area (Å²) in [5.74, 6) is -0.608. The molecule has 1 aromatic heterocycles. The van der Waals surface area contributed by atoms with E-state index in [2.05, 4.69) is 0 Å². The Bertz CT molecular complexity index is 1330. The third-order valence-electron chi connectivity index (χ3n) is 6.18. The van der Waals surface area contributed by atoms with Crippen molar-refractivity contribution in [1.82, 2.24) is 18.3 Å². The minimum atomic E-state index is -3.76. The molecule has 2 aromatic carbocycles. The third-order valence-corrected chi connectivity index (χ3v) is 8.09. The number of sulfonamides is 1. The second-order valence-corrected chi connectivity index (χ2v) is 10.4. The van der Waals surface area contributed by atoms with Crippen LogP contribution in [0.2, 0.25) is 0 Å². The number of amides is 1. The van der Waals surface area contributed by atoms with Crippen molar-refractivity contribution in [2.45, 2.75) is 44.2 Å². The first-order valence-corrected chi connectivity index (χ1v) is 13.0. The van der Waals surface area contributed by atoms with Crippen LogP contribution in [0.15, 0.2) is 58.2 Å². The lowest BCUT2D eigenvalue weighted by Gasteiger charge is -2.22. The van der Waals surface area contributed by atoms with Crippen LogP contribution in [0.4, 0.5) is 4.39 Å². The number of carbonyl (C=O) groups is 1. The van der Waals surface area contributed by atoms with E-state index in [1.165, 1.54) is 16.4 Å². The van der Waals surface area contributed by atoms with E-state index in [0.29, 0.717) is 19.5 Å². The van der Waals surface area contributed by atoms with Crippen molar-refractivity contribution in [3.8, 4) is 0 Å². The highest BCUT2D eigenvalue weighted by atomic mass is 32.2. The molecule has 1 amide bonds. The molecule has 0 spiro atoms. The van der Waals surface area contributed by atoms with Gasteiger partial charge in [-0.2, -0.15) is 4.31 Å². The monoisotopic (exact) mass is 488 g/mol. The standard InChI is InChI=1S/C24H29FN4O4S/c1-2-13-28-21-6-3-4-7-22(21)29(24(28)31)16-12-23(30)26-14-5-15-27(18-17-26)34(32,33)20-10-8-19(25)9-11-20/h3-4,6-11H,2,5,12-18H2,1H3. The van der Waals surface area contributed by atoms with E-state index < -0.39 is 15.8 Å². The first kappa shape index (κ1) is 24.2. The predicted octanol–water partition coefficient (Wildman–Crippen LogP) is 2.67. The quantitative estimate of drug-likeness (QED) is 0.512. The molecule has 0 unspecified atom stereocenters. The number of aromatic nitrogens is 2. The maximum atomic E-state index is 13.2. The highest BCUT2D eigenvalue weighted by Crippen LogP contribution is 2.19. The Morgan fingerprint density at radius 3 is 2.21 bits per heavy atom. The molecule has 1 saturated heterocycles. The molecule has 182 valence electrons. The van der Waals surface area contributed by atoms with Crippen LogP contribution in [-0.2, 0) is 27.9 Å². The lowest BCUT2D eigenvalue weighted by molar-refractivity contribution is -0.131. The molecular weight excluding hydrogens is 459 g/mol. The number of rotatable bonds is 7. The van der Waals surface area contributed by atoms with E-state index in [9.17, 15) is 22.4 Å². The number of halogens is 1. The van der Waals surface area contributed by atoms with Crippen LogP contribution >= 0.6 is 0 Å². The van der Waals surface area contributed by atoms with Gasteiger partial charge in [-0.3, -0.25) is 13.9 Å². The van der Waals surface area contributed by atoms with Gasteiger partial charge in [-0.1, -0.05) is 19.1 Å². The van der Waals surface area contributed by atoms with Crippen molar-refractivity contribution >= 4 is 27.0 Å². The Hall–Kier alpha value is -2.98. The Balaban J connectivity index is 1.43. The molecule has 34 heavy (non-hydrogen) atoms. The highest BCUT2D eigenvalue weighted by Gasteiger charge is 2.28. The summed E-state index contributed by atoms with van der Waals surface area (Å²) in [7, 11) is -3.76. The van der Waals surface area contributed by atoms with E-state index in [-0.39, 0.29) is 49.1 Å². The number of aryl methyl sites for hydroxylation is 2. The normalized spacial score (nSPS) is 15.5. The van der Waals surface area contributed by atoms with E-state index in [4.69, 9.17) is 0 Å². The van der Waals surface area contributed by atoms with Gasteiger partial charge in [0.1, 0.15) is 5.82 Å². The van der Waals surface area contributed by atoms with Crippen LogP contribution in [0, 0.1) is 5.82 Å². The number of benzene rings is 2. The Kier molecular flexibility index (Phi) is 7.18. The van der Waals surface area contributed by atoms with Gasteiger partial charge in [-0.15, -0.1) is 0 Å². The minimum Gasteiger partial charge on any atom is -0.341 e. The largest absolute Gasteiger partial charge is 0.341 e. The third kappa shape index (κ3) is 4.78. The Labute approximate surface area is 198 Å². The van der Waals surface area contributed by atoms with Gasteiger partial charge in [0.25, 0.3) is 0 Å². The summed E-state index contributed by atoms with van der Waals surface area (Å²) in [5, 5.41) is 0. The average molecular weight is 489 g/mol. The lowest BCUT2D eigenvalue weighted by atomic mass is 10.3. The summed E-state index contributed by atoms with van der Waals surface area (Å²) >= 11 is 0. The van der Waals surface area contributed by atoms with Gasteiger partial charge in [0.05, 0.1) is 15.9 Å². The van der Waals surface area contributed by atoms with Gasteiger partial charge < -0.3 is 4.90 Å². The van der Waals surface area contributed by atoms with Crippen LogP contribution < -0.4 is 5.69 Å². The fraction of sp³-hybridized carbons (Fsp3) is 0.417. The molecule has 0 bridgehead atoms. The van der Waals surface area contributed by atoms with Crippen molar-refractivity contribution < 1.29 is 17.6 Å². The zero-order chi connectivity index (χ0) is 24.3. The molecule has 0 radical (unpaired) electrons. The number of imidazole rings is 1. The number of hydrogen-bond donors (Lipinski definition) is 0. The van der Waals surface area contributed by atoms with E-state index in [1.807, 2.05) is 31.2 Å². The maximum Gasteiger partial charge on any atom is 0.329 e. The molecule has 0 N–H and O–H groups in total. The SMILES string of the molecule is CCCn1c(=O)n(CCC(=O)N2CCCN(S(=O)(=O)c3ccc(F)cc3)CC2)c2ccccc21. The van der Waals surface area contributed by atoms with Gasteiger partial charge in [0.15, 0.2) is 0 Å². The molecule has 1 aliphatic rings. The summed E-state index contributed by atoms with van der Waals surface area (Å²) in [4.78, 5) is 27.6. The number of fused-ring (bicyclic) bond motifs is 1. The molecule has 0 aliphatic carbocycles. The second kappa shape index (κ2) is 10.1. The topological polar surface area (TPSA) is 84.6 Å². The second-order valence-electron chi connectivity index (χ2n) is 8.42. The average Bonchev–Trinajstić information content (AvgIpc) is 2.98. The number of hydrogen-bond acceptors (Lipinski definition) is 4. The predicted molar refractivity (Wildman–Crippen MR) is 127 cm³/mol. The fourth-order valence-electron chi connectivity index (χ4n) is 4.43. The molecule has 3 aromatic rings. The summed E-state index contributed by atoms with van der Waals surface area (Å²) in [5.41, 5.74) is 1.54. The Morgan fingerprint density at radius 2 is 1.56 bits per heavy atom. The number of carbonyl (C=O) groups excluding carboxylic acids is 1. The summed E-state index contributed by atoms with van der Waals surface area (Å²) in [6, 6.07) is 12.3. The van der Waals surface area contributed by atoms with Gasteiger partial charge in [-0.05, 0) is 49.2 Å². The number of para-hydroxylation sites is 2. The van der Waals surface area contributed by atoms with E-state index in [1.54, 1.807) is 14.0 Å². The van der Waals surface area contributed by atoms with Crippen LogP contribution in [0.25, 0.3) is 11.0 Å². The zero-order valence-electron chi connectivity index (χ0n) is 19.2. The number of nitrogens with zero attached hydrogens (tertiary/aromatic N) is 4. The summed E-state index contributed by atoms with van der Waals surface area (Å²) in [6.45, 7) is 4.07. The van der Waals surface area contributed by atoms with Crippen molar-refractivity contribution in [2.75, 3.05) is 26.2 Å². The van der Waals surface area contributed by atoms with Crippen molar-refractivity contribution in [2.24, 2.45) is 0 Å². The first-order valence-electron chi connectivity index (χ1n) is 11.5. The highest BCUT2D eigenvalue weighted by molar-refractivity contribution is 7.89. The molecule has 8 nitrogen and oxygen atoms in total. The molecule has 4 rings (SSSR count). The first-order chi connectivity index (χ1) is 16.3. The molecule has 0 saturated carbocycles. The van der Waals surface area contributed by atoms with Gasteiger partial charge in [-0.25, -0.2) is 17.6 Å². The van der Waals surface area contributed by atoms with Crippen molar-refractivity contribution in [3.63, 3.8) is 0 Å². The summed E-state index contributed by atoms with van der Waals surface area (Å²) in [6.07, 6.45) is 1.49. The Morgan fingerprint density at radius 1 is 0.912 bits per heavy atom. The minimum absolute atomic E-state index is 0.0384. The molecule has 1 fully saturated rings. The van der Waals surface area contributed by atoms with Gasteiger partial charge in [0.2, 0.25) is 15.9 Å². The molecule has 0 atom stereocenters. The van der Waals surface area contributed by atoms with E-state index >= 15 is 0 Å². The summed E-state index contributed by atoms with van der Waals surface area (Å²) < 4.78 is 43.8. The van der Waals surface area contributed by atoms with Crippen LogP contribution in [0.1, 0.15) is 26.2 Å². The molecule has 2 heterocycles. The molecule has 10 heteroatoms. The smallest absolute Gasteiger partial charge is 0.329 e. The molecule has 1 aliphatic heterocycles. The molecular formula is C24H29FN4O4S.